The molecule has 85 valence electrons. The molecule has 0 saturated carbocycles. The zero-order valence-corrected chi connectivity index (χ0v) is 12.7. The molecule has 0 amide bonds. The van der Waals surface area contributed by atoms with Crippen molar-refractivity contribution >= 4 is 17.1 Å². The number of benzene rings is 1. The van der Waals surface area contributed by atoms with E-state index in [2.05, 4.69) is 6.08 Å². The molecule has 1 aromatic carbocycles. The van der Waals surface area contributed by atoms with Crippen molar-refractivity contribution in [2.45, 2.75) is 0 Å². The van der Waals surface area contributed by atoms with Crippen LogP contribution in [0.1, 0.15) is 15.9 Å². The minimum absolute atomic E-state index is 0. The van der Waals surface area contributed by atoms with Gasteiger partial charge in [0.05, 0.1) is 0 Å². The van der Waals surface area contributed by atoms with Crippen LogP contribution in [-0.2, 0) is 37.5 Å². The van der Waals surface area contributed by atoms with E-state index in [-0.39, 0.29) is 32.7 Å². The number of nitrogens with zero attached hydrogens (tertiary/aromatic N) is 1. The average Bonchev–Trinajstić information content (AvgIpc) is 2.25. The second-order valence-corrected chi connectivity index (χ2v) is 4.05. The molecule has 0 saturated heterocycles. The van der Waals surface area contributed by atoms with Gasteiger partial charge in [0.2, 0.25) is 0 Å². The van der Waals surface area contributed by atoms with Gasteiger partial charge in [0, 0.05) is 39.3 Å². The Bertz CT molecular complexity index is 492. The maximum atomic E-state index is 11.6. The maximum absolute atomic E-state index is 11.6. The number of hydrogen-bond donors (Lipinski definition) is 0. The zero-order valence-electron chi connectivity index (χ0n) is 9.86. The summed E-state index contributed by atoms with van der Waals surface area (Å²) in [4.78, 5) is 25.0. The van der Waals surface area contributed by atoms with Crippen LogP contribution < -0.4 is 0 Å². The van der Waals surface area contributed by atoms with Gasteiger partial charge in [-0.2, -0.15) is 0 Å². The van der Waals surface area contributed by atoms with Gasteiger partial charge in [-0.15, -0.1) is 23.3 Å². The van der Waals surface area contributed by atoms with E-state index < -0.39 is 11.6 Å². The van der Waals surface area contributed by atoms with E-state index >= 15 is 0 Å². The van der Waals surface area contributed by atoms with Crippen molar-refractivity contribution in [3.8, 4) is 0 Å². The Labute approximate surface area is 126 Å². The topological polar surface area (TPSA) is 37.4 Å². The van der Waals surface area contributed by atoms with Crippen molar-refractivity contribution in [2.75, 3.05) is 20.6 Å². The van der Waals surface area contributed by atoms with Gasteiger partial charge in [-0.05, 0) is 14.1 Å². The first kappa shape index (κ1) is 14.4. The Morgan fingerprint density at radius 3 is 2.29 bits per heavy atom. The van der Waals surface area contributed by atoms with E-state index in [0.717, 1.165) is 11.1 Å². The Morgan fingerprint density at radius 2 is 1.71 bits per heavy atom. The molecule has 0 bridgehead atoms. The molecule has 0 heterocycles. The van der Waals surface area contributed by atoms with Gasteiger partial charge in [-0.3, -0.25) is 0 Å². The fourth-order valence-corrected chi connectivity index (χ4v) is 1.77. The first-order valence-electron chi connectivity index (χ1n) is 5.05. The summed E-state index contributed by atoms with van der Waals surface area (Å²) < 4.78 is 0. The summed E-state index contributed by atoms with van der Waals surface area (Å²) in [5, 5.41) is 0. The molecule has 1 aliphatic rings. The van der Waals surface area contributed by atoms with Gasteiger partial charge in [0.1, 0.15) is 11.6 Å². The SMILES string of the molecule is CN(C)CC1=[C-]C(=O)C(=O)c2ccccc21.[Y]. The van der Waals surface area contributed by atoms with E-state index in [1.165, 1.54) is 0 Å². The van der Waals surface area contributed by atoms with Gasteiger partial charge in [0.15, 0.2) is 0 Å². The summed E-state index contributed by atoms with van der Waals surface area (Å²) in [6, 6.07) is 7.17. The number of rotatable bonds is 2. The first-order chi connectivity index (χ1) is 7.59. The molecule has 17 heavy (non-hydrogen) atoms. The summed E-state index contributed by atoms with van der Waals surface area (Å²) in [5.41, 5.74) is 2.09. The Balaban J connectivity index is 0.00000144. The van der Waals surface area contributed by atoms with Crippen LogP contribution in [0.15, 0.2) is 24.3 Å². The summed E-state index contributed by atoms with van der Waals surface area (Å²) in [6.45, 7) is 0.607. The number of carbonyl (C=O) groups is 2. The molecule has 3 nitrogen and oxygen atoms in total. The third-order valence-corrected chi connectivity index (χ3v) is 2.44. The summed E-state index contributed by atoms with van der Waals surface area (Å²) >= 11 is 0. The van der Waals surface area contributed by atoms with Crippen LogP contribution >= 0.6 is 0 Å². The van der Waals surface area contributed by atoms with Crippen LogP contribution in [0.5, 0.6) is 0 Å². The van der Waals surface area contributed by atoms with Gasteiger partial charge >= 0.3 is 0 Å². The van der Waals surface area contributed by atoms with Crippen molar-refractivity contribution in [2.24, 2.45) is 0 Å². The van der Waals surface area contributed by atoms with Crippen LogP contribution in [0.4, 0.5) is 0 Å². The van der Waals surface area contributed by atoms with Crippen LogP contribution in [0.3, 0.4) is 0 Å². The van der Waals surface area contributed by atoms with Crippen molar-refractivity contribution in [3.63, 3.8) is 0 Å². The average molecular weight is 303 g/mol. The van der Waals surface area contributed by atoms with Crippen LogP contribution in [0, 0.1) is 6.08 Å². The molecule has 0 spiro atoms. The summed E-state index contributed by atoms with van der Waals surface area (Å²) in [6.07, 6.45) is 2.64. The molecule has 0 N–H and O–H groups in total. The molecule has 1 aliphatic carbocycles. The fraction of sp³-hybridized carbons (Fsp3) is 0.231. The van der Waals surface area contributed by atoms with Crippen LogP contribution in [0.25, 0.3) is 5.57 Å². The smallest absolute Gasteiger partial charge is 0.118 e. The van der Waals surface area contributed by atoms with E-state index in [4.69, 9.17) is 0 Å². The van der Waals surface area contributed by atoms with Crippen LogP contribution in [0.2, 0.25) is 0 Å². The molecule has 0 aromatic heterocycles. The van der Waals surface area contributed by atoms with E-state index in [1.54, 1.807) is 12.1 Å². The van der Waals surface area contributed by atoms with Gasteiger partial charge in [-0.1, -0.05) is 23.8 Å². The molecular weight excluding hydrogens is 291 g/mol. The van der Waals surface area contributed by atoms with Crippen molar-refractivity contribution in [1.29, 1.82) is 0 Å². The number of fused-ring (bicyclic) bond motifs is 1. The summed E-state index contributed by atoms with van der Waals surface area (Å²) in [7, 11) is 3.83. The van der Waals surface area contributed by atoms with Gasteiger partial charge < -0.3 is 14.5 Å². The van der Waals surface area contributed by atoms with E-state index in [9.17, 15) is 9.59 Å². The quantitative estimate of drug-likeness (QED) is 0.608. The molecular formula is C13H12NO2Y-. The second kappa shape index (κ2) is 5.81. The Kier molecular flexibility index (Phi) is 4.93. The first-order valence-corrected chi connectivity index (χ1v) is 5.05. The molecule has 0 atom stereocenters. The number of likely N-dealkylation sites (N-methyl/N-ethyl adjacent to an activating group) is 1. The van der Waals surface area contributed by atoms with Crippen LogP contribution in [-0.4, -0.2) is 37.1 Å². The molecule has 0 unspecified atom stereocenters. The number of ketones is 2. The number of carbonyl (C=O) groups excluding carboxylic acids is 2. The molecule has 4 heteroatoms. The minimum atomic E-state index is -0.546. The minimum Gasteiger partial charge on any atom is -0.362 e. The maximum Gasteiger partial charge on any atom is 0.118 e. The fourth-order valence-electron chi connectivity index (χ4n) is 1.77. The Hall–Kier alpha value is -0.636. The Morgan fingerprint density at radius 1 is 1.12 bits per heavy atom. The zero-order chi connectivity index (χ0) is 11.7. The molecule has 1 radical (unpaired) electrons. The predicted molar refractivity (Wildman–Crippen MR) is 61.0 cm³/mol. The van der Waals surface area contributed by atoms with Gasteiger partial charge in [-0.25, -0.2) is 0 Å². The van der Waals surface area contributed by atoms with E-state index in [0.29, 0.717) is 12.1 Å². The largest absolute Gasteiger partial charge is 0.362 e. The van der Waals surface area contributed by atoms with Crippen molar-refractivity contribution in [1.82, 2.24) is 4.90 Å². The van der Waals surface area contributed by atoms with E-state index in [1.807, 2.05) is 31.1 Å². The molecule has 2 rings (SSSR count). The number of allylic oxidation sites excluding steroid dienone is 1. The van der Waals surface area contributed by atoms with Crippen molar-refractivity contribution in [3.05, 3.63) is 41.5 Å². The monoisotopic (exact) mass is 303 g/mol. The second-order valence-electron chi connectivity index (χ2n) is 4.05. The molecule has 0 aliphatic heterocycles. The molecule has 0 fully saturated rings. The normalized spacial score (nSPS) is 14.2. The molecule has 1 aromatic rings. The number of hydrogen-bond acceptors (Lipinski definition) is 3. The number of Topliss-reactive ketones (excluding diaryl/α,β-unsaturated/α-hetero) is 2. The predicted octanol–water partition coefficient (Wildman–Crippen LogP) is 1.20. The third-order valence-electron chi connectivity index (χ3n) is 2.44. The summed E-state index contributed by atoms with van der Waals surface area (Å²) in [5.74, 6) is -1.01. The third kappa shape index (κ3) is 2.98. The standard InChI is InChI=1S/C13H12NO2.Y/c1-14(2)8-9-7-12(15)13(16)11-6-4-3-5-10(9)11;/h3-6H,8H2,1-2H3;/q-1;. The van der Waals surface area contributed by atoms with Gasteiger partial charge in [0.25, 0.3) is 0 Å². The van der Waals surface area contributed by atoms with Crippen molar-refractivity contribution < 1.29 is 42.3 Å².